The van der Waals surface area contributed by atoms with Gasteiger partial charge in [0.25, 0.3) is 0 Å². The van der Waals surface area contributed by atoms with Crippen LogP contribution in [-0.2, 0) is 11.8 Å². The van der Waals surface area contributed by atoms with Crippen LogP contribution in [0.3, 0.4) is 0 Å². The fourth-order valence-electron chi connectivity index (χ4n) is 3.37. The van der Waals surface area contributed by atoms with Crippen LogP contribution in [0.15, 0.2) is 18.2 Å². The molecule has 2 heteroatoms. The van der Waals surface area contributed by atoms with Crippen LogP contribution in [0.1, 0.15) is 36.8 Å². The minimum absolute atomic E-state index is 0.0913. The van der Waals surface area contributed by atoms with Gasteiger partial charge in [-0.2, -0.15) is 0 Å². The summed E-state index contributed by atoms with van der Waals surface area (Å²) in [5, 5.41) is 0. The summed E-state index contributed by atoms with van der Waals surface area (Å²) in [5.41, 5.74) is 9.60. The van der Waals surface area contributed by atoms with Gasteiger partial charge < -0.3 is 10.5 Å². The first-order valence-electron chi connectivity index (χ1n) is 6.29. The molecule has 16 heavy (non-hydrogen) atoms. The van der Waals surface area contributed by atoms with Crippen LogP contribution in [0.5, 0.6) is 5.75 Å². The van der Waals surface area contributed by atoms with Gasteiger partial charge in [-0.05, 0) is 31.2 Å². The third-order valence-corrected chi connectivity index (χ3v) is 4.72. The van der Waals surface area contributed by atoms with Crippen molar-refractivity contribution in [3.05, 3.63) is 29.3 Å². The molecule has 0 radical (unpaired) electrons. The summed E-state index contributed by atoms with van der Waals surface area (Å²) in [7, 11) is 0. The van der Waals surface area contributed by atoms with Crippen LogP contribution in [0, 0.1) is 0 Å². The van der Waals surface area contributed by atoms with Crippen LogP contribution in [0.25, 0.3) is 0 Å². The lowest BCUT2D eigenvalue weighted by molar-refractivity contribution is 0.345. The molecule has 1 aliphatic heterocycles. The van der Waals surface area contributed by atoms with Gasteiger partial charge in [0, 0.05) is 22.9 Å². The Hall–Kier alpha value is -1.02. The lowest BCUT2D eigenvalue weighted by Gasteiger charge is -2.25. The summed E-state index contributed by atoms with van der Waals surface area (Å²) in [6, 6.07) is 6.61. The highest BCUT2D eigenvalue weighted by Gasteiger charge is 2.65. The molecule has 2 nitrogen and oxygen atoms in total. The normalized spacial score (nSPS) is 27.1. The SMILES string of the molecule is NC1(C2(c3cccc4c3OCC4)CC2)CC1. The van der Waals surface area contributed by atoms with Gasteiger partial charge in [-0.3, -0.25) is 0 Å². The maximum atomic E-state index is 6.46. The molecule has 2 saturated carbocycles. The third kappa shape index (κ3) is 0.963. The van der Waals surface area contributed by atoms with Crippen LogP contribution < -0.4 is 10.5 Å². The first-order valence-corrected chi connectivity index (χ1v) is 6.29. The number of nitrogens with two attached hydrogens (primary N) is 1. The van der Waals surface area contributed by atoms with Crippen molar-refractivity contribution in [3.8, 4) is 5.75 Å². The van der Waals surface area contributed by atoms with Gasteiger partial charge in [0.1, 0.15) is 5.75 Å². The molecule has 0 saturated heterocycles. The van der Waals surface area contributed by atoms with Gasteiger partial charge >= 0.3 is 0 Å². The average Bonchev–Trinajstić information content (AvgIpc) is 3.18. The highest BCUT2D eigenvalue weighted by Crippen LogP contribution is 2.65. The lowest BCUT2D eigenvalue weighted by Crippen LogP contribution is -2.37. The topological polar surface area (TPSA) is 35.2 Å². The first kappa shape index (κ1) is 9.06. The van der Waals surface area contributed by atoms with E-state index in [0.29, 0.717) is 0 Å². The minimum Gasteiger partial charge on any atom is -0.493 e. The molecule has 2 N–H and O–H groups in total. The number of rotatable bonds is 2. The number of para-hydroxylation sites is 1. The van der Waals surface area contributed by atoms with Crippen molar-refractivity contribution in [1.29, 1.82) is 0 Å². The van der Waals surface area contributed by atoms with E-state index in [1.54, 1.807) is 0 Å². The van der Waals surface area contributed by atoms with E-state index in [0.717, 1.165) is 18.8 Å². The number of hydrogen-bond acceptors (Lipinski definition) is 2. The summed E-state index contributed by atoms with van der Waals surface area (Å²) in [4.78, 5) is 0. The lowest BCUT2D eigenvalue weighted by atomic mass is 9.84. The van der Waals surface area contributed by atoms with Crippen molar-refractivity contribution in [3.63, 3.8) is 0 Å². The quantitative estimate of drug-likeness (QED) is 0.820. The molecule has 0 unspecified atom stereocenters. The number of fused-ring (bicyclic) bond motifs is 1. The number of ether oxygens (including phenoxy) is 1. The van der Waals surface area contributed by atoms with E-state index in [4.69, 9.17) is 10.5 Å². The monoisotopic (exact) mass is 215 g/mol. The molecule has 0 aromatic heterocycles. The summed E-state index contributed by atoms with van der Waals surface area (Å²) in [6.07, 6.45) is 5.96. The predicted molar refractivity (Wildman–Crippen MR) is 62.7 cm³/mol. The molecule has 3 aliphatic rings. The van der Waals surface area contributed by atoms with Crippen LogP contribution in [0.2, 0.25) is 0 Å². The molecular formula is C14H17NO. The predicted octanol–water partition coefficient (Wildman–Crippen LogP) is 2.14. The van der Waals surface area contributed by atoms with E-state index < -0.39 is 0 Å². The smallest absolute Gasteiger partial charge is 0.126 e. The van der Waals surface area contributed by atoms with Crippen LogP contribution in [-0.4, -0.2) is 12.1 Å². The zero-order valence-electron chi connectivity index (χ0n) is 9.46. The highest BCUT2D eigenvalue weighted by molar-refractivity contribution is 5.53. The second-order valence-electron chi connectivity index (χ2n) is 5.63. The summed E-state index contributed by atoms with van der Waals surface area (Å²) in [5.74, 6) is 1.16. The van der Waals surface area contributed by atoms with Gasteiger partial charge in [0.05, 0.1) is 6.61 Å². The van der Waals surface area contributed by atoms with Crippen molar-refractivity contribution >= 4 is 0 Å². The fourth-order valence-corrected chi connectivity index (χ4v) is 3.37. The number of hydrogen-bond donors (Lipinski definition) is 1. The molecule has 2 fully saturated rings. The number of benzene rings is 1. The van der Waals surface area contributed by atoms with Gasteiger partial charge in [-0.25, -0.2) is 0 Å². The Morgan fingerprint density at radius 2 is 1.94 bits per heavy atom. The third-order valence-electron chi connectivity index (χ3n) is 4.72. The minimum atomic E-state index is 0.0913. The van der Waals surface area contributed by atoms with Gasteiger partial charge in [0.15, 0.2) is 0 Å². The molecule has 1 aromatic rings. The second-order valence-corrected chi connectivity index (χ2v) is 5.63. The molecule has 2 aliphatic carbocycles. The first-order chi connectivity index (χ1) is 7.75. The standard InChI is InChI=1S/C14H17NO/c15-14(7-8-14)13(5-6-13)11-3-1-2-10-4-9-16-12(10)11/h1-3H,4-9,15H2. The van der Waals surface area contributed by atoms with Crippen molar-refractivity contribution in [2.45, 2.75) is 43.1 Å². The highest BCUT2D eigenvalue weighted by atomic mass is 16.5. The molecule has 0 amide bonds. The van der Waals surface area contributed by atoms with Gasteiger partial charge in [0.2, 0.25) is 0 Å². The van der Waals surface area contributed by atoms with Crippen molar-refractivity contribution in [1.82, 2.24) is 0 Å². The maximum absolute atomic E-state index is 6.46. The van der Waals surface area contributed by atoms with E-state index >= 15 is 0 Å². The average molecular weight is 215 g/mol. The van der Waals surface area contributed by atoms with E-state index in [2.05, 4.69) is 18.2 Å². The second kappa shape index (κ2) is 2.62. The van der Waals surface area contributed by atoms with E-state index in [-0.39, 0.29) is 11.0 Å². The Morgan fingerprint density at radius 1 is 1.12 bits per heavy atom. The van der Waals surface area contributed by atoms with E-state index in [1.165, 1.54) is 36.8 Å². The molecule has 84 valence electrons. The molecule has 1 heterocycles. The summed E-state index contributed by atoms with van der Waals surface area (Å²) in [6.45, 7) is 0.847. The molecular weight excluding hydrogens is 198 g/mol. The molecule has 4 rings (SSSR count). The van der Waals surface area contributed by atoms with Crippen LogP contribution in [0.4, 0.5) is 0 Å². The largest absolute Gasteiger partial charge is 0.493 e. The Balaban J connectivity index is 1.86. The van der Waals surface area contributed by atoms with Gasteiger partial charge in [-0.15, -0.1) is 0 Å². The van der Waals surface area contributed by atoms with Crippen molar-refractivity contribution < 1.29 is 4.74 Å². The van der Waals surface area contributed by atoms with Crippen molar-refractivity contribution in [2.24, 2.45) is 5.73 Å². The van der Waals surface area contributed by atoms with E-state index in [1.807, 2.05) is 0 Å². The Morgan fingerprint density at radius 3 is 2.62 bits per heavy atom. The zero-order chi connectivity index (χ0) is 10.8. The molecule has 0 bridgehead atoms. The zero-order valence-corrected chi connectivity index (χ0v) is 9.46. The maximum Gasteiger partial charge on any atom is 0.126 e. The van der Waals surface area contributed by atoms with Crippen LogP contribution >= 0.6 is 0 Å². The van der Waals surface area contributed by atoms with E-state index in [9.17, 15) is 0 Å². The molecule has 0 spiro atoms. The Labute approximate surface area is 95.8 Å². The Kier molecular flexibility index (Phi) is 1.48. The summed E-state index contributed by atoms with van der Waals surface area (Å²) < 4.78 is 5.82. The molecule has 1 aromatic carbocycles. The Bertz CT molecular complexity index is 458. The molecule has 0 atom stereocenters. The summed E-state index contributed by atoms with van der Waals surface area (Å²) >= 11 is 0. The van der Waals surface area contributed by atoms with Crippen molar-refractivity contribution in [2.75, 3.05) is 6.61 Å². The van der Waals surface area contributed by atoms with Gasteiger partial charge in [-0.1, -0.05) is 18.2 Å². The fraction of sp³-hybridized carbons (Fsp3) is 0.571.